The van der Waals surface area contributed by atoms with E-state index in [0.29, 0.717) is 46.5 Å². The lowest BCUT2D eigenvalue weighted by molar-refractivity contribution is -0.123. The molecule has 6 heteroatoms. The summed E-state index contributed by atoms with van der Waals surface area (Å²) in [6, 6.07) is 10.0. The Morgan fingerprint density at radius 3 is 2.23 bits per heavy atom. The summed E-state index contributed by atoms with van der Waals surface area (Å²) in [4.78, 5) is 25.5. The molecular weight excluding hydrogens is 354 g/mol. The fourth-order valence-corrected chi connectivity index (χ4v) is 2.70. The Labute approximate surface area is 157 Å². The third kappa shape index (κ3) is 3.68. The summed E-state index contributed by atoms with van der Waals surface area (Å²) >= 11 is 6.18. The number of ether oxygens (including phenoxy) is 2. The molecule has 5 nitrogen and oxygen atoms in total. The van der Waals surface area contributed by atoms with Crippen molar-refractivity contribution < 1.29 is 19.1 Å². The molecule has 3 rings (SSSR count). The number of rotatable bonds is 3. The lowest BCUT2D eigenvalue weighted by atomic mass is 9.94. The maximum absolute atomic E-state index is 13.1. The molecule has 0 aromatic heterocycles. The second kappa shape index (κ2) is 7.00. The van der Waals surface area contributed by atoms with E-state index < -0.39 is 5.41 Å². The summed E-state index contributed by atoms with van der Waals surface area (Å²) in [6.45, 7) is 6.22. The van der Waals surface area contributed by atoms with Gasteiger partial charge in [0.2, 0.25) is 5.91 Å². The molecule has 1 aliphatic heterocycles. The molecule has 2 aromatic rings. The van der Waals surface area contributed by atoms with Gasteiger partial charge < -0.3 is 14.8 Å². The quantitative estimate of drug-likeness (QED) is 0.813. The Morgan fingerprint density at radius 1 is 1.00 bits per heavy atom. The fourth-order valence-electron chi connectivity index (χ4n) is 2.48. The average molecular weight is 374 g/mol. The van der Waals surface area contributed by atoms with Crippen LogP contribution in [0.5, 0.6) is 11.5 Å². The average Bonchev–Trinajstić information content (AvgIpc) is 2.60. The minimum atomic E-state index is -0.613. The standard InChI is InChI=1S/C20H20ClNO4/c1-20(2,3)19(24)22-15-11-17-16(25-8-9-26-17)10-13(15)18(23)12-6-4-5-7-14(12)21/h4-7,10-11H,8-9H2,1-3H3,(H,22,24). The molecule has 26 heavy (non-hydrogen) atoms. The first-order valence-corrected chi connectivity index (χ1v) is 8.69. The van der Waals surface area contributed by atoms with Crippen molar-refractivity contribution in [2.24, 2.45) is 5.41 Å². The molecular formula is C20H20ClNO4. The van der Waals surface area contributed by atoms with Crippen LogP contribution in [0.4, 0.5) is 5.69 Å². The summed E-state index contributed by atoms with van der Waals surface area (Å²) in [5.41, 5.74) is 0.425. The largest absolute Gasteiger partial charge is 0.486 e. The third-order valence-electron chi connectivity index (χ3n) is 3.97. The zero-order valence-corrected chi connectivity index (χ0v) is 15.6. The molecule has 136 valence electrons. The Kier molecular flexibility index (Phi) is 4.92. The minimum Gasteiger partial charge on any atom is -0.486 e. The third-order valence-corrected chi connectivity index (χ3v) is 4.30. The Hall–Kier alpha value is -2.53. The highest BCUT2D eigenvalue weighted by Gasteiger charge is 2.26. The van der Waals surface area contributed by atoms with E-state index in [0.717, 1.165) is 0 Å². The van der Waals surface area contributed by atoms with Gasteiger partial charge in [-0.1, -0.05) is 44.5 Å². The summed E-state index contributed by atoms with van der Waals surface area (Å²) in [5.74, 6) is 0.468. The Bertz CT molecular complexity index is 871. The van der Waals surface area contributed by atoms with E-state index >= 15 is 0 Å². The lowest BCUT2D eigenvalue weighted by Crippen LogP contribution is -2.28. The number of fused-ring (bicyclic) bond motifs is 1. The smallest absolute Gasteiger partial charge is 0.229 e. The summed E-state index contributed by atoms with van der Waals surface area (Å²) in [6.07, 6.45) is 0. The number of halogens is 1. The normalized spacial score (nSPS) is 13.2. The van der Waals surface area contributed by atoms with Crippen molar-refractivity contribution in [2.45, 2.75) is 20.8 Å². The van der Waals surface area contributed by atoms with E-state index in [2.05, 4.69) is 5.32 Å². The number of carbonyl (C=O) groups excluding carboxylic acids is 2. The maximum Gasteiger partial charge on any atom is 0.229 e. The SMILES string of the molecule is CC(C)(C)C(=O)Nc1cc2c(cc1C(=O)c1ccccc1Cl)OCCO2. The van der Waals surface area contributed by atoms with Crippen molar-refractivity contribution in [1.29, 1.82) is 0 Å². The molecule has 0 bridgehead atoms. The van der Waals surface area contributed by atoms with Crippen LogP contribution >= 0.6 is 11.6 Å². The topological polar surface area (TPSA) is 64.6 Å². The predicted molar refractivity (Wildman–Crippen MR) is 100 cm³/mol. The zero-order chi connectivity index (χ0) is 18.9. The summed E-state index contributed by atoms with van der Waals surface area (Å²) < 4.78 is 11.2. The Morgan fingerprint density at radius 2 is 1.62 bits per heavy atom. The number of anilines is 1. The highest BCUT2D eigenvalue weighted by atomic mass is 35.5. The van der Waals surface area contributed by atoms with E-state index in [1.807, 2.05) is 0 Å². The van der Waals surface area contributed by atoms with Gasteiger partial charge in [-0.3, -0.25) is 9.59 Å². The van der Waals surface area contributed by atoms with E-state index in [1.54, 1.807) is 57.2 Å². The van der Waals surface area contributed by atoms with Crippen LogP contribution in [0.15, 0.2) is 36.4 Å². The van der Waals surface area contributed by atoms with Gasteiger partial charge in [-0.2, -0.15) is 0 Å². The molecule has 0 atom stereocenters. The van der Waals surface area contributed by atoms with Crippen LogP contribution < -0.4 is 14.8 Å². The van der Waals surface area contributed by atoms with Crippen LogP contribution in [-0.2, 0) is 4.79 Å². The predicted octanol–water partition coefficient (Wildman–Crippen LogP) is 4.33. The van der Waals surface area contributed by atoms with Crippen molar-refractivity contribution >= 4 is 29.0 Å². The minimum absolute atomic E-state index is 0.206. The molecule has 0 saturated heterocycles. The van der Waals surface area contributed by atoms with Crippen LogP contribution in [0, 0.1) is 5.41 Å². The molecule has 0 radical (unpaired) electrons. The number of amides is 1. The molecule has 0 fully saturated rings. The number of hydrogen-bond donors (Lipinski definition) is 1. The van der Waals surface area contributed by atoms with Crippen molar-refractivity contribution in [3.63, 3.8) is 0 Å². The number of nitrogens with one attached hydrogen (secondary N) is 1. The van der Waals surface area contributed by atoms with Gasteiger partial charge in [0, 0.05) is 17.0 Å². The van der Waals surface area contributed by atoms with Crippen LogP contribution in [0.25, 0.3) is 0 Å². The number of benzene rings is 2. The monoisotopic (exact) mass is 373 g/mol. The van der Waals surface area contributed by atoms with Gasteiger partial charge in [-0.15, -0.1) is 0 Å². The second-order valence-electron chi connectivity index (χ2n) is 7.05. The van der Waals surface area contributed by atoms with Crippen molar-refractivity contribution in [3.8, 4) is 11.5 Å². The molecule has 1 N–H and O–H groups in total. The van der Waals surface area contributed by atoms with Crippen LogP contribution in [0.3, 0.4) is 0 Å². The van der Waals surface area contributed by atoms with E-state index in [9.17, 15) is 9.59 Å². The van der Waals surface area contributed by atoms with E-state index in [4.69, 9.17) is 21.1 Å². The van der Waals surface area contributed by atoms with Gasteiger partial charge >= 0.3 is 0 Å². The maximum atomic E-state index is 13.1. The molecule has 1 amide bonds. The first kappa shape index (κ1) is 18.3. The number of ketones is 1. The van der Waals surface area contributed by atoms with Gasteiger partial charge in [-0.25, -0.2) is 0 Å². The molecule has 0 spiro atoms. The van der Waals surface area contributed by atoms with Gasteiger partial charge in [-0.05, 0) is 18.2 Å². The van der Waals surface area contributed by atoms with Gasteiger partial charge in [0.05, 0.1) is 16.3 Å². The summed E-state index contributed by atoms with van der Waals surface area (Å²) in [5, 5.41) is 3.18. The first-order chi connectivity index (χ1) is 12.3. The molecule has 0 aliphatic carbocycles. The van der Waals surface area contributed by atoms with Crippen LogP contribution in [0.1, 0.15) is 36.7 Å². The fraction of sp³-hybridized carbons (Fsp3) is 0.300. The van der Waals surface area contributed by atoms with Crippen LogP contribution in [-0.4, -0.2) is 24.9 Å². The van der Waals surface area contributed by atoms with E-state index in [1.165, 1.54) is 0 Å². The van der Waals surface area contributed by atoms with Gasteiger partial charge in [0.15, 0.2) is 17.3 Å². The molecule has 1 aliphatic rings. The second-order valence-corrected chi connectivity index (χ2v) is 7.46. The molecule has 0 saturated carbocycles. The molecule has 1 heterocycles. The number of carbonyl (C=O) groups is 2. The lowest BCUT2D eigenvalue weighted by Gasteiger charge is -2.23. The first-order valence-electron chi connectivity index (χ1n) is 8.31. The van der Waals surface area contributed by atoms with Crippen molar-refractivity contribution in [1.82, 2.24) is 0 Å². The Balaban J connectivity index is 2.08. The zero-order valence-electron chi connectivity index (χ0n) is 14.9. The highest BCUT2D eigenvalue weighted by molar-refractivity contribution is 6.35. The molecule has 0 unspecified atom stereocenters. The van der Waals surface area contributed by atoms with E-state index in [-0.39, 0.29) is 11.7 Å². The van der Waals surface area contributed by atoms with Gasteiger partial charge in [0.1, 0.15) is 13.2 Å². The highest BCUT2D eigenvalue weighted by Crippen LogP contribution is 2.37. The van der Waals surface area contributed by atoms with Crippen molar-refractivity contribution in [3.05, 3.63) is 52.5 Å². The van der Waals surface area contributed by atoms with Crippen LogP contribution in [0.2, 0.25) is 5.02 Å². The summed E-state index contributed by atoms with van der Waals surface area (Å²) in [7, 11) is 0. The molecule has 2 aromatic carbocycles. The van der Waals surface area contributed by atoms with Crippen molar-refractivity contribution in [2.75, 3.05) is 18.5 Å². The number of hydrogen-bond acceptors (Lipinski definition) is 4. The van der Waals surface area contributed by atoms with Gasteiger partial charge in [0.25, 0.3) is 0 Å².